The van der Waals surface area contributed by atoms with Gasteiger partial charge in [0, 0.05) is 25.3 Å². The lowest BCUT2D eigenvalue weighted by Gasteiger charge is -2.35. The van der Waals surface area contributed by atoms with Crippen molar-refractivity contribution in [3.8, 4) is 0 Å². The van der Waals surface area contributed by atoms with Gasteiger partial charge in [-0.2, -0.15) is 0 Å². The first kappa shape index (κ1) is 12.4. The van der Waals surface area contributed by atoms with Crippen LogP contribution in [0.1, 0.15) is 11.1 Å². The largest absolute Gasteiger partial charge is 0.394 e. The molecule has 0 radical (unpaired) electrons. The second-order valence-electron chi connectivity index (χ2n) is 4.41. The fourth-order valence-corrected chi connectivity index (χ4v) is 2.37. The van der Waals surface area contributed by atoms with Gasteiger partial charge in [0.15, 0.2) is 0 Å². The van der Waals surface area contributed by atoms with Crippen LogP contribution in [0.4, 0.5) is 5.69 Å². The minimum Gasteiger partial charge on any atom is -0.394 e. The van der Waals surface area contributed by atoms with Crippen molar-refractivity contribution in [2.45, 2.75) is 19.6 Å². The molecule has 1 saturated heterocycles. The molecule has 0 spiro atoms. The topological polar surface area (TPSA) is 58.7 Å². The van der Waals surface area contributed by atoms with Crippen molar-refractivity contribution in [2.24, 2.45) is 5.73 Å². The Labute approximate surface area is 102 Å². The highest BCUT2D eigenvalue weighted by Crippen LogP contribution is 2.26. The number of rotatable bonds is 3. The lowest BCUT2D eigenvalue weighted by atomic mass is 10.1. The Balaban J connectivity index is 2.26. The molecule has 1 heterocycles. The minimum absolute atomic E-state index is 0.0698. The van der Waals surface area contributed by atoms with Crippen LogP contribution in [-0.2, 0) is 11.3 Å². The van der Waals surface area contributed by atoms with E-state index in [0.29, 0.717) is 13.2 Å². The van der Waals surface area contributed by atoms with E-state index in [1.54, 1.807) is 0 Å². The first-order chi connectivity index (χ1) is 8.26. The summed E-state index contributed by atoms with van der Waals surface area (Å²) in [5.41, 5.74) is 9.38. The average molecular weight is 236 g/mol. The summed E-state index contributed by atoms with van der Waals surface area (Å²) < 4.78 is 5.47. The van der Waals surface area contributed by atoms with Gasteiger partial charge in [0.25, 0.3) is 0 Å². The molecule has 1 atom stereocenters. The van der Waals surface area contributed by atoms with Crippen LogP contribution in [0.15, 0.2) is 18.2 Å². The van der Waals surface area contributed by atoms with E-state index in [9.17, 15) is 5.11 Å². The number of aliphatic hydroxyl groups is 1. The van der Waals surface area contributed by atoms with Crippen LogP contribution in [0.3, 0.4) is 0 Å². The first-order valence-electron chi connectivity index (χ1n) is 6.02. The second-order valence-corrected chi connectivity index (χ2v) is 4.41. The number of nitrogens with zero attached hydrogens (tertiary/aromatic N) is 1. The van der Waals surface area contributed by atoms with Crippen molar-refractivity contribution in [3.63, 3.8) is 0 Å². The summed E-state index contributed by atoms with van der Waals surface area (Å²) >= 11 is 0. The minimum atomic E-state index is -0.0889. The number of hydrogen-bond acceptors (Lipinski definition) is 4. The first-order valence-corrected chi connectivity index (χ1v) is 6.02. The molecule has 0 aromatic heterocycles. The molecule has 2 rings (SSSR count). The molecule has 1 aromatic rings. The molecule has 1 unspecified atom stereocenters. The van der Waals surface area contributed by atoms with Crippen molar-refractivity contribution >= 4 is 5.69 Å². The van der Waals surface area contributed by atoms with Crippen molar-refractivity contribution in [1.29, 1.82) is 0 Å². The van der Waals surface area contributed by atoms with Crippen molar-refractivity contribution in [1.82, 2.24) is 0 Å². The van der Waals surface area contributed by atoms with E-state index in [0.717, 1.165) is 18.7 Å². The van der Waals surface area contributed by atoms with E-state index in [-0.39, 0.29) is 12.7 Å². The molecule has 0 saturated carbocycles. The Kier molecular flexibility index (Phi) is 3.99. The quantitative estimate of drug-likeness (QED) is 0.809. The van der Waals surface area contributed by atoms with Gasteiger partial charge in [-0.15, -0.1) is 0 Å². The van der Waals surface area contributed by atoms with Gasteiger partial charge in [-0.3, -0.25) is 0 Å². The third-order valence-corrected chi connectivity index (χ3v) is 3.20. The maximum atomic E-state index is 9.18. The number of ether oxygens (including phenoxy) is 1. The summed E-state index contributed by atoms with van der Waals surface area (Å²) in [4.78, 5) is 2.27. The second kappa shape index (κ2) is 5.49. The predicted octanol–water partition coefficient (Wildman–Crippen LogP) is 0.651. The van der Waals surface area contributed by atoms with Crippen LogP contribution < -0.4 is 10.6 Å². The zero-order valence-corrected chi connectivity index (χ0v) is 10.2. The van der Waals surface area contributed by atoms with Crippen LogP contribution in [-0.4, -0.2) is 37.5 Å². The van der Waals surface area contributed by atoms with Gasteiger partial charge >= 0.3 is 0 Å². The Morgan fingerprint density at radius 3 is 3.06 bits per heavy atom. The zero-order chi connectivity index (χ0) is 12.3. The number of aryl methyl sites for hydroxylation is 1. The smallest absolute Gasteiger partial charge is 0.0980 e. The van der Waals surface area contributed by atoms with Gasteiger partial charge in [-0.05, 0) is 18.1 Å². The average Bonchev–Trinajstić information content (AvgIpc) is 2.38. The Bertz CT molecular complexity index is 382. The van der Waals surface area contributed by atoms with Crippen LogP contribution in [0.25, 0.3) is 0 Å². The highest BCUT2D eigenvalue weighted by molar-refractivity contribution is 5.59. The maximum absolute atomic E-state index is 9.18. The Hall–Kier alpha value is -1.10. The van der Waals surface area contributed by atoms with Crippen LogP contribution in [0.5, 0.6) is 0 Å². The third kappa shape index (κ3) is 2.60. The van der Waals surface area contributed by atoms with E-state index >= 15 is 0 Å². The molecule has 0 amide bonds. The molecule has 1 aliphatic heterocycles. The molecule has 1 aromatic carbocycles. The highest BCUT2D eigenvalue weighted by atomic mass is 16.5. The van der Waals surface area contributed by atoms with E-state index in [4.69, 9.17) is 10.5 Å². The van der Waals surface area contributed by atoms with Crippen molar-refractivity contribution in [3.05, 3.63) is 29.3 Å². The predicted molar refractivity (Wildman–Crippen MR) is 68.1 cm³/mol. The number of para-hydroxylation sites is 1. The number of benzene rings is 1. The molecular weight excluding hydrogens is 216 g/mol. The summed E-state index contributed by atoms with van der Waals surface area (Å²) in [7, 11) is 0. The van der Waals surface area contributed by atoms with Gasteiger partial charge < -0.3 is 20.5 Å². The SMILES string of the molecule is Cc1cccc(CN)c1N1CCOC(CO)C1. The fourth-order valence-electron chi connectivity index (χ4n) is 2.37. The number of aliphatic hydroxyl groups excluding tert-OH is 1. The van der Waals surface area contributed by atoms with Crippen LogP contribution in [0.2, 0.25) is 0 Å². The molecule has 3 N–H and O–H groups in total. The normalized spacial score (nSPS) is 20.6. The van der Waals surface area contributed by atoms with Crippen molar-refractivity contribution < 1.29 is 9.84 Å². The third-order valence-electron chi connectivity index (χ3n) is 3.20. The number of nitrogens with two attached hydrogens (primary N) is 1. The lowest BCUT2D eigenvalue weighted by molar-refractivity contribution is 0.00350. The van der Waals surface area contributed by atoms with Gasteiger partial charge in [-0.1, -0.05) is 18.2 Å². The van der Waals surface area contributed by atoms with Gasteiger partial charge in [0.1, 0.15) is 0 Å². The van der Waals surface area contributed by atoms with E-state index in [1.165, 1.54) is 11.3 Å². The molecule has 4 heteroatoms. The molecule has 0 bridgehead atoms. The molecule has 94 valence electrons. The van der Waals surface area contributed by atoms with E-state index in [2.05, 4.69) is 24.0 Å². The molecule has 4 nitrogen and oxygen atoms in total. The molecule has 0 aliphatic carbocycles. The van der Waals surface area contributed by atoms with Gasteiger partial charge in [-0.25, -0.2) is 0 Å². The molecule has 1 fully saturated rings. The summed E-state index contributed by atoms with van der Waals surface area (Å²) in [5, 5.41) is 9.18. The molecular formula is C13H20N2O2. The standard InChI is InChI=1S/C13H20N2O2/c1-10-3-2-4-11(7-14)13(10)15-5-6-17-12(8-15)9-16/h2-4,12,16H,5-9,14H2,1H3. The van der Waals surface area contributed by atoms with Crippen LogP contribution in [0, 0.1) is 6.92 Å². The summed E-state index contributed by atoms with van der Waals surface area (Å²) in [5.74, 6) is 0. The summed E-state index contributed by atoms with van der Waals surface area (Å²) in [6, 6.07) is 6.19. The summed E-state index contributed by atoms with van der Waals surface area (Å²) in [6.45, 7) is 4.95. The van der Waals surface area contributed by atoms with E-state index in [1.807, 2.05) is 6.07 Å². The molecule has 17 heavy (non-hydrogen) atoms. The lowest BCUT2D eigenvalue weighted by Crippen LogP contribution is -2.44. The molecule has 1 aliphatic rings. The van der Waals surface area contributed by atoms with Gasteiger partial charge in [0.05, 0.1) is 19.3 Å². The number of hydrogen-bond donors (Lipinski definition) is 2. The fraction of sp³-hybridized carbons (Fsp3) is 0.538. The van der Waals surface area contributed by atoms with Crippen molar-refractivity contribution in [2.75, 3.05) is 31.2 Å². The summed E-state index contributed by atoms with van der Waals surface area (Å²) in [6.07, 6.45) is -0.0889. The van der Waals surface area contributed by atoms with Gasteiger partial charge in [0.2, 0.25) is 0 Å². The Morgan fingerprint density at radius 2 is 2.35 bits per heavy atom. The number of anilines is 1. The van der Waals surface area contributed by atoms with E-state index < -0.39 is 0 Å². The monoisotopic (exact) mass is 236 g/mol. The Morgan fingerprint density at radius 1 is 1.53 bits per heavy atom. The zero-order valence-electron chi connectivity index (χ0n) is 10.2. The number of morpholine rings is 1. The highest BCUT2D eigenvalue weighted by Gasteiger charge is 2.22. The van der Waals surface area contributed by atoms with Crippen LogP contribution >= 0.6 is 0 Å². The maximum Gasteiger partial charge on any atom is 0.0980 e.